The Kier molecular flexibility index (Phi) is 7.49. The highest BCUT2D eigenvalue weighted by atomic mass is 16.3. The molecule has 0 amide bonds. The average molecular weight is 790 g/mol. The van der Waals surface area contributed by atoms with Crippen LogP contribution in [0.15, 0.2) is 217 Å². The van der Waals surface area contributed by atoms with E-state index >= 15 is 0 Å². The van der Waals surface area contributed by atoms with Crippen molar-refractivity contribution in [1.82, 2.24) is 15.0 Å². The summed E-state index contributed by atoms with van der Waals surface area (Å²) in [5.41, 5.74) is 18.4. The zero-order valence-electron chi connectivity index (χ0n) is 33.5. The molecular formula is C58H35N3O. The SMILES string of the molecule is c1ccc(-c2cccc(-c3nc(-c4ccc5c(c4)-c4ccccc4-c4ccccc4C54c5ccccc5-c5ccccc54)nc(-c4cccc5oc6ccccc6c45)n3)c2)cc1. The fourth-order valence-electron chi connectivity index (χ4n) is 10.4. The van der Waals surface area contributed by atoms with Crippen LogP contribution in [0.3, 0.4) is 0 Å². The number of para-hydroxylation sites is 1. The highest BCUT2D eigenvalue weighted by Crippen LogP contribution is 2.61. The summed E-state index contributed by atoms with van der Waals surface area (Å²) in [5.74, 6) is 1.79. The van der Waals surface area contributed by atoms with Crippen LogP contribution in [0.5, 0.6) is 0 Å². The summed E-state index contributed by atoms with van der Waals surface area (Å²) in [7, 11) is 0. The van der Waals surface area contributed by atoms with Gasteiger partial charge in [-0.2, -0.15) is 0 Å². The number of aromatic nitrogens is 3. The maximum Gasteiger partial charge on any atom is 0.164 e. The Morgan fingerprint density at radius 1 is 0.290 bits per heavy atom. The van der Waals surface area contributed by atoms with Crippen molar-refractivity contribution in [2.75, 3.05) is 0 Å². The van der Waals surface area contributed by atoms with Crippen LogP contribution < -0.4 is 0 Å². The number of hydrogen-bond donors (Lipinski definition) is 0. The Bertz CT molecular complexity index is 3560. The van der Waals surface area contributed by atoms with Gasteiger partial charge in [0.1, 0.15) is 11.2 Å². The molecule has 2 aliphatic carbocycles. The van der Waals surface area contributed by atoms with Crippen LogP contribution in [-0.2, 0) is 5.41 Å². The topological polar surface area (TPSA) is 51.8 Å². The van der Waals surface area contributed by atoms with E-state index in [-0.39, 0.29) is 0 Å². The van der Waals surface area contributed by atoms with Crippen LogP contribution in [0.1, 0.15) is 22.3 Å². The highest BCUT2D eigenvalue weighted by molar-refractivity contribution is 6.12. The molecule has 0 N–H and O–H groups in total. The number of nitrogens with zero attached hydrogens (tertiary/aromatic N) is 3. The van der Waals surface area contributed by atoms with Gasteiger partial charge in [0.2, 0.25) is 0 Å². The predicted octanol–water partition coefficient (Wildman–Crippen LogP) is 14.4. The third-order valence-corrected chi connectivity index (χ3v) is 13.0. The van der Waals surface area contributed by atoms with Crippen molar-refractivity contribution in [1.29, 1.82) is 0 Å². The molecule has 288 valence electrons. The molecule has 0 bridgehead atoms. The molecule has 13 rings (SSSR count). The van der Waals surface area contributed by atoms with Crippen LogP contribution >= 0.6 is 0 Å². The molecule has 0 saturated carbocycles. The summed E-state index contributed by atoms with van der Waals surface area (Å²) in [6.45, 7) is 0. The summed E-state index contributed by atoms with van der Waals surface area (Å²) < 4.78 is 6.37. The van der Waals surface area contributed by atoms with Crippen LogP contribution in [0.25, 0.3) is 101 Å². The molecule has 2 aliphatic rings. The van der Waals surface area contributed by atoms with Gasteiger partial charge in [0.25, 0.3) is 0 Å². The van der Waals surface area contributed by atoms with E-state index in [4.69, 9.17) is 19.4 Å². The molecule has 4 nitrogen and oxygen atoms in total. The second-order valence-electron chi connectivity index (χ2n) is 16.2. The van der Waals surface area contributed by atoms with Gasteiger partial charge in [0, 0.05) is 27.5 Å². The molecule has 0 saturated heterocycles. The summed E-state index contributed by atoms with van der Waals surface area (Å²) in [6.07, 6.45) is 0. The van der Waals surface area contributed by atoms with Gasteiger partial charge in [0.15, 0.2) is 17.5 Å². The van der Waals surface area contributed by atoms with Gasteiger partial charge in [-0.3, -0.25) is 0 Å². The zero-order valence-corrected chi connectivity index (χ0v) is 33.5. The minimum Gasteiger partial charge on any atom is -0.456 e. The van der Waals surface area contributed by atoms with Crippen LogP contribution in [0, 0.1) is 0 Å². The quantitative estimate of drug-likeness (QED) is 0.178. The van der Waals surface area contributed by atoms with E-state index in [2.05, 4.69) is 176 Å². The molecule has 2 aromatic heterocycles. The van der Waals surface area contributed by atoms with Gasteiger partial charge >= 0.3 is 0 Å². The van der Waals surface area contributed by atoms with Crippen LogP contribution in [0.4, 0.5) is 0 Å². The number of benzene rings is 9. The molecule has 1 spiro atoms. The van der Waals surface area contributed by atoms with E-state index in [9.17, 15) is 0 Å². The molecule has 9 aromatic carbocycles. The largest absolute Gasteiger partial charge is 0.456 e. The lowest BCUT2D eigenvalue weighted by Crippen LogP contribution is -2.29. The van der Waals surface area contributed by atoms with Crippen LogP contribution in [0.2, 0.25) is 0 Å². The Hall–Kier alpha value is -8.21. The van der Waals surface area contributed by atoms with Gasteiger partial charge in [0.05, 0.1) is 5.41 Å². The van der Waals surface area contributed by atoms with Gasteiger partial charge in [-0.05, 0) is 91.0 Å². The summed E-state index contributed by atoms with van der Waals surface area (Å²) >= 11 is 0. The first-order valence-electron chi connectivity index (χ1n) is 21.1. The van der Waals surface area contributed by atoms with E-state index in [1.165, 1.54) is 50.1 Å². The van der Waals surface area contributed by atoms with Crippen molar-refractivity contribution in [2.24, 2.45) is 0 Å². The zero-order chi connectivity index (χ0) is 40.8. The molecule has 0 radical (unpaired) electrons. The summed E-state index contributed by atoms with van der Waals surface area (Å²) in [6, 6.07) is 75.9. The summed E-state index contributed by atoms with van der Waals surface area (Å²) in [4.78, 5) is 16.0. The lowest BCUT2D eigenvalue weighted by atomic mass is 9.66. The maximum atomic E-state index is 6.37. The number of furan rings is 1. The van der Waals surface area contributed by atoms with E-state index < -0.39 is 5.41 Å². The predicted molar refractivity (Wildman–Crippen MR) is 251 cm³/mol. The van der Waals surface area contributed by atoms with Crippen molar-refractivity contribution in [2.45, 2.75) is 5.41 Å². The summed E-state index contributed by atoms with van der Waals surface area (Å²) in [5, 5.41) is 2.01. The van der Waals surface area contributed by atoms with Gasteiger partial charge in [-0.15, -0.1) is 0 Å². The standard InChI is InChI=1S/C58H35N3O/c1-2-16-36(17-3-1)37-18-14-19-38(34-37)55-59-56(61-57(60-55)46-26-15-31-53-54(46)45-25-9-13-30-52(45)62-53)39-32-33-51-47(35-39)41-21-5-4-20-40(41)42-22-6-10-27-48(42)58(51)49-28-11-7-23-43(49)44-24-8-12-29-50(44)58/h1-35H. The molecule has 2 heterocycles. The van der Waals surface area contributed by atoms with Gasteiger partial charge in [-0.1, -0.05) is 188 Å². The normalized spacial score (nSPS) is 13.0. The van der Waals surface area contributed by atoms with E-state index in [1.54, 1.807) is 0 Å². The lowest BCUT2D eigenvalue weighted by molar-refractivity contribution is 0.669. The Balaban J connectivity index is 1.09. The second-order valence-corrected chi connectivity index (χ2v) is 16.2. The molecular weight excluding hydrogens is 755 g/mol. The Morgan fingerprint density at radius 2 is 0.758 bits per heavy atom. The first kappa shape index (κ1) is 34.6. The number of rotatable bonds is 4. The fraction of sp³-hybridized carbons (Fsp3) is 0.0172. The van der Waals surface area contributed by atoms with Crippen molar-refractivity contribution in [3.05, 3.63) is 235 Å². The van der Waals surface area contributed by atoms with Crippen molar-refractivity contribution < 1.29 is 4.42 Å². The van der Waals surface area contributed by atoms with E-state index in [0.717, 1.165) is 55.3 Å². The Morgan fingerprint density at radius 3 is 1.47 bits per heavy atom. The van der Waals surface area contributed by atoms with Crippen LogP contribution in [-0.4, -0.2) is 15.0 Å². The van der Waals surface area contributed by atoms with Gasteiger partial charge in [-0.25, -0.2) is 15.0 Å². The Labute approximate surface area is 358 Å². The second kappa shape index (κ2) is 13.4. The van der Waals surface area contributed by atoms with E-state index in [0.29, 0.717) is 17.5 Å². The van der Waals surface area contributed by atoms with Gasteiger partial charge < -0.3 is 4.42 Å². The molecule has 62 heavy (non-hydrogen) atoms. The van der Waals surface area contributed by atoms with Crippen molar-refractivity contribution in [3.63, 3.8) is 0 Å². The molecule has 0 fully saturated rings. The number of hydrogen-bond acceptors (Lipinski definition) is 4. The lowest BCUT2D eigenvalue weighted by Gasteiger charge is -2.35. The first-order valence-corrected chi connectivity index (χ1v) is 21.1. The third-order valence-electron chi connectivity index (χ3n) is 13.0. The molecule has 0 atom stereocenters. The first-order chi connectivity index (χ1) is 30.7. The number of fused-ring (bicyclic) bond motifs is 15. The van der Waals surface area contributed by atoms with Crippen molar-refractivity contribution >= 4 is 21.9 Å². The smallest absolute Gasteiger partial charge is 0.164 e. The highest BCUT2D eigenvalue weighted by Gasteiger charge is 2.49. The molecule has 0 unspecified atom stereocenters. The minimum atomic E-state index is -0.568. The minimum absolute atomic E-state index is 0.568. The molecule has 4 heteroatoms. The maximum absolute atomic E-state index is 6.37. The third kappa shape index (κ3) is 4.98. The fourth-order valence-corrected chi connectivity index (χ4v) is 10.4. The average Bonchev–Trinajstić information content (AvgIpc) is 3.85. The monoisotopic (exact) mass is 789 g/mol. The van der Waals surface area contributed by atoms with E-state index in [1.807, 2.05) is 36.4 Å². The van der Waals surface area contributed by atoms with Crippen molar-refractivity contribution in [3.8, 4) is 78.7 Å². The molecule has 11 aromatic rings. The molecule has 0 aliphatic heterocycles.